The smallest absolute Gasteiger partial charge is 0.303 e. The Morgan fingerprint density at radius 3 is 1.00 bits per heavy atom. The molecule has 17 heavy (non-hydrogen) atoms. The van der Waals surface area contributed by atoms with Crippen LogP contribution in [0.1, 0.15) is 33.1 Å². The summed E-state index contributed by atoms with van der Waals surface area (Å²) in [5.74, 6) is -3.73. The number of carboxylic acid groups (broad SMARTS) is 4. The predicted octanol–water partition coefficient (Wildman–Crippen LogP) is 0.508. The quantitative estimate of drug-likeness (QED) is 0.565. The minimum Gasteiger partial charge on any atom is -0.481 e. The summed E-state index contributed by atoms with van der Waals surface area (Å²) >= 11 is 0. The second kappa shape index (κ2) is 13.9. The highest BCUT2D eigenvalue weighted by Gasteiger charge is 2.00. The molecule has 0 aromatic heterocycles. The maximum absolute atomic E-state index is 9.64. The van der Waals surface area contributed by atoms with Crippen LogP contribution in [0.3, 0.4) is 0 Å². The lowest BCUT2D eigenvalue weighted by Gasteiger charge is -1.85. The van der Waals surface area contributed by atoms with Gasteiger partial charge in [-0.3, -0.25) is 19.2 Å². The summed E-state index contributed by atoms with van der Waals surface area (Å²) in [6, 6.07) is 0. The van der Waals surface area contributed by atoms with Crippen molar-refractivity contribution in [3.8, 4) is 0 Å². The topological polar surface area (TPSA) is 149 Å². The van der Waals surface area contributed by atoms with Gasteiger partial charge in [-0.2, -0.15) is 0 Å². The molecule has 0 aliphatic heterocycles. The van der Waals surface area contributed by atoms with E-state index < -0.39 is 23.9 Å². The Hall–Kier alpha value is -2.12. The van der Waals surface area contributed by atoms with E-state index in [1.54, 1.807) is 6.92 Å². The minimum atomic E-state index is -1.08. The van der Waals surface area contributed by atoms with Gasteiger partial charge in [0.2, 0.25) is 0 Å². The van der Waals surface area contributed by atoms with Crippen molar-refractivity contribution in [1.82, 2.24) is 0 Å². The van der Waals surface area contributed by atoms with Gasteiger partial charge in [0.25, 0.3) is 5.97 Å². The number of hydrogen-bond acceptors (Lipinski definition) is 4. The maximum atomic E-state index is 9.64. The van der Waals surface area contributed by atoms with Crippen molar-refractivity contribution in [3.05, 3.63) is 0 Å². The zero-order chi connectivity index (χ0) is 14.4. The molecule has 100 valence electrons. The molecule has 0 spiro atoms. The molecular formula is C9H16O8. The van der Waals surface area contributed by atoms with Gasteiger partial charge in [0.1, 0.15) is 0 Å². The molecule has 0 fully saturated rings. The Kier molecular flexibility index (Phi) is 16.6. The Balaban J connectivity index is -0.000000188. The zero-order valence-electron chi connectivity index (χ0n) is 9.54. The third kappa shape index (κ3) is 82.3. The number of carbonyl (C=O) groups is 4. The third-order valence-electron chi connectivity index (χ3n) is 0.855. The number of hydrogen-bond donors (Lipinski definition) is 4. The molecule has 0 atom stereocenters. The highest BCUT2D eigenvalue weighted by atomic mass is 16.4. The Bertz CT molecular complexity index is 240. The molecule has 0 saturated heterocycles. The van der Waals surface area contributed by atoms with Gasteiger partial charge in [0, 0.05) is 13.3 Å². The van der Waals surface area contributed by atoms with E-state index in [1.807, 2.05) is 0 Å². The average molecular weight is 252 g/mol. The van der Waals surface area contributed by atoms with Crippen molar-refractivity contribution in [2.75, 3.05) is 0 Å². The van der Waals surface area contributed by atoms with E-state index >= 15 is 0 Å². The minimum absolute atomic E-state index is 0.222. The SMILES string of the molecule is CC(=O)O.CCC(=O)O.O=C(O)CCC(=O)O. The van der Waals surface area contributed by atoms with Gasteiger partial charge in [-0.15, -0.1) is 0 Å². The van der Waals surface area contributed by atoms with Gasteiger partial charge >= 0.3 is 17.9 Å². The third-order valence-corrected chi connectivity index (χ3v) is 0.855. The fourth-order valence-electron chi connectivity index (χ4n) is 0.214. The molecule has 0 rings (SSSR count). The van der Waals surface area contributed by atoms with Gasteiger partial charge in [-0.25, -0.2) is 0 Å². The second-order valence-corrected chi connectivity index (χ2v) is 2.55. The Labute approximate surface area is 97.5 Å². The average Bonchev–Trinajstić information content (AvgIpc) is 2.14. The highest BCUT2D eigenvalue weighted by Crippen LogP contribution is 1.86. The molecule has 0 aliphatic carbocycles. The van der Waals surface area contributed by atoms with Crippen molar-refractivity contribution in [3.63, 3.8) is 0 Å². The summed E-state index contributed by atoms with van der Waals surface area (Å²) in [4.78, 5) is 37.6. The van der Waals surface area contributed by atoms with Crippen molar-refractivity contribution in [1.29, 1.82) is 0 Å². The predicted molar refractivity (Wildman–Crippen MR) is 55.7 cm³/mol. The van der Waals surface area contributed by atoms with Crippen LogP contribution < -0.4 is 0 Å². The first-order valence-corrected chi connectivity index (χ1v) is 4.48. The summed E-state index contributed by atoms with van der Waals surface area (Å²) in [6.45, 7) is 2.68. The maximum Gasteiger partial charge on any atom is 0.303 e. The standard InChI is InChI=1S/C4H6O4.C3H6O2.C2H4O2/c5-3(6)1-2-4(7)8;1-2-3(4)5;1-2(3)4/h1-2H2,(H,5,6)(H,7,8);2H2,1H3,(H,4,5);1H3,(H,3,4). The summed E-state index contributed by atoms with van der Waals surface area (Å²) in [5, 5.41) is 30.9. The number of carboxylic acids is 4. The van der Waals surface area contributed by atoms with Crippen LogP contribution in [0.25, 0.3) is 0 Å². The van der Waals surface area contributed by atoms with Crippen molar-refractivity contribution in [2.45, 2.75) is 33.1 Å². The lowest BCUT2D eigenvalue weighted by atomic mass is 10.3. The van der Waals surface area contributed by atoms with Crippen LogP contribution in [-0.4, -0.2) is 44.3 Å². The van der Waals surface area contributed by atoms with Gasteiger partial charge in [-0.1, -0.05) is 6.92 Å². The normalized spacial score (nSPS) is 7.65. The van der Waals surface area contributed by atoms with Gasteiger partial charge in [0.05, 0.1) is 12.8 Å². The van der Waals surface area contributed by atoms with Crippen LogP contribution >= 0.6 is 0 Å². The van der Waals surface area contributed by atoms with E-state index in [-0.39, 0.29) is 19.3 Å². The molecule has 0 unspecified atom stereocenters. The fraction of sp³-hybridized carbons (Fsp3) is 0.556. The molecule has 0 aromatic carbocycles. The van der Waals surface area contributed by atoms with E-state index in [0.29, 0.717) is 0 Å². The Morgan fingerprint density at radius 1 is 0.765 bits per heavy atom. The van der Waals surface area contributed by atoms with E-state index in [1.165, 1.54) is 0 Å². The number of rotatable bonds is 4. The summed E-state index contributed by atoms with van der Waals surface area (Å²) in [5.41, 5.74) is 0. The van der Waals surface area contributed by atoms with Crippen molar-refractivity contribution < 1.29 is 39.6 Å². The highest BCUT2D eigenvalue weighted by molar-refractivity contribution is 5.75. The first-order valence-electron chi connectivity index (χ1n) is 4.48. The molecule has 0 amide bonds. The van der Waals surface area contributed by atoms with Crippen molar-refractivity contribution >= 4 is 23.9 Å². The lowest BCUT2D eigenvalue weighted by molar-refractivity contribution is -0.143. The summed E-state index contributed by atoms with van der Waals surface area (Å²) < 4.78 is 0. The van der Waals surface area contributed by atoms with E-state index in [2.05, 4.69) is 0 Å². The van der Waals surface area contributed by atoms with Gasteiger partial charge in [-0.05, 0) is 0 Å². The van der Waals surface area contributed by atoms with Crippen LogP contribution in [0, 0.1) is 0 Å². The van der Waals surface area contributed by atoms with Gasteiger partial charge < -0.3 is 20.4 Å². The van der Waals surface area contributed by atoms with Gasteiger partial charge in [0.15, 0.2) is 0 Å². The largest absolute Gasteiger partial charge is 0.481 e. The second-order valence-electron chi connectivity index (χ2n) is 2.55. The number of aliphatic carboxylic acids is 4. The molecule has 0 heterocycles. The summed E-state index contributed by atoms with van der Waals surface area (Å²) in [7, 11) is 0. The first-order chi connectivity index (χ1) is 7.63. The molecule has 8 heteroatoms. The van der Waals surface area contributed by atoms with E-state index in [0.717, 1.165) is 6.92 Å². The summed E-state index contributed by atoms with van der Waals surface area (Å²) in [6.07, 6.45) is -0.370. The molecule has 0 aliphatic rings. The molecule has 0 radical (unpaired) electrons. The van der Waals surface area contributed by atoms with Crippen LogP contribution in [0.2, 0.25) is 0 Å². The van der Waals surface area contributed by atoms with Crippen LogP contribution in [-0.2, 0) is 19.2 Å². The van der Waals surface area contributed by atoms with Crippen LogP contribution in [0.15, 0.2) is 0 Å². The molecule has 0 saturated carbocycles. The fourth-order valence-corrected chi connectivity index (χ4v) is 0.214. The van der Waals surface area contributed by atoms with E-state index in [4.69, 9.17) is 25.2 Å². The molecule has 4 N–H and O–H groups in total. The van der Waals surface area contributed by atoms with Crippen LogP contribution in [0.4, 0.5) is 0 Å². The van der Waals surface area contributed by atoms with Crippen molar-refractivity contribution in [2.24, 2.45) is 0 Å². The lowest BCUT2D eigenvalue weighted by Crippen LogP contribution is -2.00. The van der Waals surface area contributed by atoms with E-state index in [9.17, 15) is 14.4 Å². The van der Waals surface area contributed by atoms with Crippen LogP contribution in [0.5, 0.6) is 0 Å². The molecular weight excluding hydrogens is 236 g/mol. The Morgan fingerprint density at radius 2 is 0.941 bits per heavy atom. The molecule has 0 aromatic rings. The first kappa shape index (κ1) is 20.3. The monoisotopic (exact) mass is 252 g/mol. The zero-order valence-corrected chi connectivity index (χ0v) is 9.54. The molecule has 8 nitrogen and oxygen atoms in total. The molecule has 0 bridgehead atoms.